The second-order valence-corrected chi connectivity index (χ2v) is 7.71. The summed E-state index contributed by atoms with van der Waals surface area (Å²) in [6.07, 6.45) is 3.33. The number of rotatable bonds is 3. The number of hydrogen-bond acceptors (Lipinski definition) is 4. The summed E-state index contributed by atoms with van der Waals surface area (Å²) in [5.74, 6) is -0.548. The molecule has 32 heavy (non-hydrogen) atoms. The van der Waals surface area contributed by atoms with Gasteiger partial charge in [-0.05, 0) is 53.6 Å². The van der Waals surface area contributed by atoms with Gasteiger partial charge in [0.05, 0.1) is 22.8 Å². The average molecular weight is 424 g/mol. The lowest BCUT2D eigenvalue weighted by Gasteiger charge is -2.08. The van der Waals surface area contributed by atoms with E-state index >= 15 is 0 Å². The lowest BCUT2D eigenvalue weighted by Crippen LogP contribution is -2.12. The summed E-state index contributed by atoms with van der Waals surface area (Å²) in [4.78, 5) is 25.1. The van der Waals surface area contributed by atoms with Gasteiger partial charge in [0.2, 0.25) is 5.91 Å². The topological polar surface area (TPSA) is 89.2 Å². The van der Waals surface area contributed by atoms with Crippen LogP contribution in [0.15, 0.2) is 73.1 Å². The second kappa shape index (κ2) is 7.39. The first-order valence-electron chi connectivity index (χ1n) is 10.1. The fraction of sp³-hybridized carbons (Fsp3) is 0.0800. The Morgan fingerprint density at radius 1 is 0.969 bits per heavy atom. The van der Waals surface area contributed by atoms with Gasteiger partial charge >= 0.3 is 0 Å². The van der Waals surface area contributed by atoms with E-state index in [0.717, 1.165) is 22.0 Å². The third kappa shape index (κ3) is 3.30. The van der Waals surface area contributed by atoms with Crippen LogP contribution in [0, 0.1) is 0 Å². The van der Waals surface area contributed by atoms with Crippen LogP contribution in [0.4, 0.5) is 5.69 Å². The molecule has 5 rings (SSSR count). The van der Waals surface area contributed by atoms with Gasteiger partial charge in [-0.25, -0.2) is 0 Å². The molecule has 0 aliphatic heterocycles. The Labute approximate surface area is 183 Å². The zero-order chi connectivity index (χ0) is 22.4. The molecule has 5 aromatic rings. The van der Waals surface area contributed by atoms with E-state index in [2.05, 4.69) is 16.5 Å². The molecule has 0 atom stereocenters. The highest BCUT2D eigenvalue weighted by Crippen LogP contribution is 2.29. The minimum Gasteiger partial charge on any atom is -0.508 e. The summed E-state index contributed by atoms with van der Waals surface area (Å²) in [6, 6.07) is 18.3. The van der Waals surface area contributed by atoms with Gasteiger partial charge in [0.1, 0.15) is 5.75 Å². The Morgan fingerprint density at radius 3 is 2.56 bits per heavy atom. The summed E-state index contributed by atoms with van der Waals surface area (Å²) in [5.41, 5.74) is 4.52. The number of phenolic OH excluding ortho intramolecular Hbond substituents is 1. The van der Waals surface area contributed by atoms with Crippen LogP contribution >= 0.6 is 0 Å². The molecule has 2 heterocycles. The predicted molar refractivity (Wildman–Crippen MR) is 124 cm³/mol. The molecule has 0 aliphatic rings. The number of benzene rings is 3. The van der Waals surface area contributed by atoms with Crippen LogP contribution in [0.3, 0.4) is 0 Å². The highest BCUT2D eigenvalue weighted by Gasteiger charge is 2.18. The molecule has 0 fully saturated rings. The Balaban J connectivity index is 1.49. The van der Waals surface area contributed by atoms with E-state index < -0.39 is 0 Å². The lowest BCUT2D eigenvalue weighted by atomic mass is 10.0. The maximum atomic E-state index is 13.1. The molecule has 7 heteroatoms. The first kappa shape index (κ1) is 19.6. The Kier molecular flexibility index (Phi) is 4.52. The van der Waals surface area contributed by atoms with E-state index in [0.29, 0.717) is 22.2 Å². The normalized spacial score (nSPS) is 11.2. The smallest absolute Gasteiger partial charge is 0.257 e. The molecule has 0 unspecified atom stereocenters. The SMILES string of the molecule is CC(=O)n1cc(C(=O)Nc2cccc(-c3ccc4c(cnn4C)c3)c2)c2cc(O)ccc21. The van der Waals surface area contributed by atoms with Crippen LogP contribution < -0.4 is 5.32 Å². The molecular formula is C25H20N4O3. The van der Waals surface area contributed by atoms with Crippen molar-refractivity contribution in [3.05, 3.63) is 78.6 Å². The lowest BCUT2D eigenvalue weighted by molar-refractivity contribution is 0.0941. The number of anilines is 1. The molecule has 2 N–H and O–H groups in total. The van der Waals surface area contributed by atoms with Crippen molar-refractivity contribution in [2.24, 2.45) is 7.05 Å². The quantitative estimate of drug-likeness (QED) is 0.435. The fourth-order valence-corrected chi connectivity index (χ4v) is 3.98. The zero-order valence-electron chi connectivity index (χ0n) is 17.5. The Morgan fingerprint density at radius 2 is 1.75 bits per heavy atom. The van der Waals surface area contributed by atoms with Crippen molar-refractivity contribution in [3.63, 3.8) is 0 Å². The first-order valence-corrected chi connectivity index (χ1v) is 10.1. The number of aromatic nitrogens is 3. The molecule has 0 saturated carbocycles. The van der Waals surface area contributed by atoms with Crippen molar-refractivity contribution in [1.82, 2.24) is 14.3 Å². The molecule has 0 aliphatic carbocycles. The van der Waals surface area contributed by atoms with Gasteiger partial charge < -0.3 is 10.4 Å². The molecule has 3 aromatic carbocycles. The highest BCUT2D eigenvalue weighted by molar-refractivity contribution is 6.14. The maximum Gasteiger partial charge on any atom is 0.257 e. The van der Waals surface area contributed by atoms with Gasteiger partial charge in [-0.15, -0.1) is 0 Å². The van der Waals surface area contributed by atoms with Crippen molar-refractivity contribution in [2.45, 2.75) is 6.92 Å². The van der Waals surface area contributed by atoms with Crippen LogP contribution in [0.5, 0.6) is 5.75 Å². The molecule has 0 radical (unpaired) electrons. The van der Waals surface area contributed by atoms with Crippen molar-refractivity contribution >= 4 is 39.3 Å². The summed E-state index contributed by atoms with van der Waals surface area (Å²) in [6.45, 7) is 1.43. The molecule has 2 aromatic heterocycles. The summed E-state index contributed by atoms with van der Waals surface area (Å²) in [5, 5.41) is 18.6. The van der Waals surface area contributed by atoms with Crippen molar-refractivity contribution in [2.75, 3.05) is 5.32 Å². The van der Waals surface area contributed by atoms with Gasteiger partial charge in [-0.1, -0.05) is 18.2 Å². The van der Waals surface area contributed by atoms with Gasteiger partial charge in [0.15, 0.2) is 0 Å². The molecule has 0 bridgehead atoms. The number of nitrogens with one attached hydrogen (secondary N) is 1. The van der Waals surface area contributed by atoms with Crippen LogP contribution in [-0.4, -0.2) is 31.3 Å². The fourth-order valence-electron chi connectivity index (χ4n) is 3.98. The number of aryl methyl sites for hydroxylation is 1. The third-order valence-electron chi connectivity index (χ3n) is 5.57. The summed E-state index contributed by atoms with van der Waals surface area (Å²) in [7, 11) is 1.90. The van der Waals surface area contributed by atoms with Crippen LogP contribution in [0.2, 0.25) is 0 Å². The number of carbonyl (C=O) groups is 2. The molecule has 1 amide bonds. The van der Waals surface area contributed by atoms with Crippen LogP contribution in [-0.2, 0) is 7.05 Å². The standard InChI is InChI=1S/C25H20N4O3/c1-15(30)29-14-22(21-12-20(31)7-9-24(21)29)25(32)27-19-5-3-4-16(11-19)17-6-8-23-18(10-17)13-26-28(23)2/h3-14,31H,1-2H3,(H,27,32). The molecule has 0 saturated heterocycles. The number of nitrogens with zero attached hydrogens (tertiary/aromatic N) is 3. The number of phenols is 1. The highest BCUT2D eigenvalue weighted by atomic mass is 16.3. The Hall–Kier alpha value is -4.39. The summed E-state index contributed by atoms with van der Waals surface area (Å²) >= 11 is 0. The largest absolute Gasteiger partial charge is 0.508 e. The third-order valence-corrected chi connectivity index (χ3v) is 5.57. The van der Waals surface area contributed by atoms with Crippen molar-refractivity contribution in [3.8, 4) is 16.9 Å². The van der Waals surface area contributed by atoms with Gasteiger partial charge in [0.25, 0.3) is 5.91 Å². The second-order valence-electron chi connectivity index (χ2n) is 7.71. The first-order chi connectivity index (χ1) is 15.4. The minimum absolute atomic E-state index is 0.0284. The number of aromatic hydroxyl groups is 1. The van der Waals surface area contributed by atoms with E-state index in [9.17, 15) is 14.7 Å². The van der Waals surface area contributed by atoms with Crippen molar-refractivity contribution in [1.29, 1.82) is 0 Å². The summed E-state index contributed by atoms with van der Waals surface area (Å²) < 4.78 is 3.23. The molecule has 7 nitrogen and oxygen atoms in total. The number of carbonyl (C=O) groups excluding carboxylic acids is 2. The van der Waals surface area contributed by atoms with Gasteiger partial charge in [0, 0.05) is 36.6 Å². The van der Waals surface area contributed by atoms with E-state index in [4.69, 9.17) is 0 Å². The minimum atomic E-state index is -0.361. The molecule has 0 spiro atoms. The number of amides is 1. The van der Waals surface area contributed by atoms with Crippen LogP contribution in [0.25, 0.3) is 32.9 Å². The van der Waals surface area contributed by atoms with E-state index in [-0.39, 0.29) is 17.6 Å². The number of hydrogen-bond donors (Lipinski definition) is 2. The number of fused-ring (bicyclic) bond motifs is 2. The van der Waals surface area contributed by atoms with Gasteiger partial charge in [-0.2, -0.15) is 5.10 Å². The van der Waals surface area contributed by atoms with Crippen molar-refractivity contribution < 1.29 is 14.7 Å². The Bertz CT molecular complexity index is 1530. The molecule has 158 valence electrons. The predicted octanol–water partition coefficient (Wildman–Crippen LogP) is 4.81. The molecular weight excluding hydrogens is 404 g/mol. The van der Waals surface area contributed by atoms with E-state index in [1.165, 1.54) is 29.8 Å². The van der Waals surface area contributed by atoms with E-state index in [1.54, 1.807) is 6.07 Å². The van der Waals surface area contributed by atoms with E-state index in [1.807, 2.05) is 54.3 Å². The maximum absolute atomic E-state index is 13.1. The zero-order valence-corrected chi connectivity index (χ0v) is 17.5. The average Bonchev–Trinajstić information content (AvgIpc) is 3.34. The van der Waals surface area contributed by atoms with Crippen LogP contribution in [0.1, 0.15) is 22.1 Å². The monoisotopic (exact) mass is 424 g/mol. The van der Waals surface area contributed by atoms with Gasteiger partial charge in [-0.3, -0.25) is 18.8 Å².